The summed E-state index contributed by atoms with van der Waals surface area (Å²) in [5, 5.41) is 9.67. The van der Waals surface area contributed by atoms with Crippen LogP contribution in [0, 0.1) is 0 Å². The van der Waals surface area contributed by atoms with E-state index in [1.54, 1.807) is 0 Å². The molecular formula is C50H70ClN5O4. The minimum atomic E-state index is -0.753. The van der Waals surface area contributed by atoms with Crippen LogP contribution in [0.25, 0.3) is 22.3 Å². The number of nitrogens with two attached hydrogens (primary N) is 1. The summed E-state index contributed by atoms with van der Waals surface area (Å²) in [6.45, 7) is 22.3. The Morgan fingerprint density at radius 1 is 0.617 bits per heavy atom. The number of fused-ring (bicyclic) bond motifs is 6. The standard InChI is InChI=1S/C25H36N4O2.C15H11ClO2.C6H15N.C3H4.CH4/c26-13-7-16-27-14-5-6-15-28-17-8-18-29-25(30)31-19-24-22-11-3-1-9-20(22)21-10-2-4-12-23(21)24;16-15(17)18-9-14-12-7-3-1-5-10(12)11-6-2-4-8-13(11)14;1-4-7(5-2)6-3;1-3-2;/h1-4,9-12,24,27-28H,5-8,13-19,26H2,(H,29,30);1-8,14H,9H2;4-6H2,1-3H3;1-2H2;1H4. The summed E-state index contributed by atoms with van der Waals surface area (Å²) < 4.78 is 10.5. The smallest absolute Gasteiger partial charge is 0.407 e. The molecule has 10 heteroatoms. The Bertz CT molecular complexity index is 1760. The predicted octanol–water partition coefficient (Wildman–Crippen LogP) is 10.3. The summed E-state index contributed by atoms with van der Waals surface area (Å²) in [6.07, 6.45) is 3.89. The number of carbonyl (C=O) groups is 2. The number of carbonyl (C=O) groups excluding carboxylic acids is 2. The molecule has 0 unspecified atom stereocenters. The summed E-state index contributed by atoms with van der Waals surface area (Å²) in [7, 11) is 0. The Hall–Kier alpha value is -4.73. The van der Waals surface area contributed by atoms with Crippen molar-refractivity contribution in [2.45, 2.75) is 65.7 Å². The Kier molecular flexibility index (Phi) is 26.0. The molecule has 0 saturated carbocycles. The van der Waals surface area contributed by atoms with E-state index in [1.165, 1.54) is 64.1 Å². The lowest BCUT2D eigenvalue weighted by molar-refractivity contribution is 0.143. The molecule has 9 nitrogen and oxygen atoms in total. The third kappa shape index (κ3) is 16.7. The monoisotopic (exact) mass is 840 g/mol. The Labute approximate surface area is 365 Å². The van der Waals surface area contributed by atoms with E-state index in [1.807, 2.05) is 36.4 Å². The van der Waals surface area contributed by atoms with Gasteiger partial charge in [0.25, 0.3) is 0 Å². The molecule has 0 bridgehead atoms. The van der Waals surface area contributed by atoms with E-state index in [2.05, 4.69) is 121 Å². The molecule has 5 N–H and O–H groups in total. The van der Waals surface area contributed by atoms with Gasteiger partial charge in [0.15, 0.2) is 0 Å². The largest absolute Gasteiger partial charge is 0.453 e. The van der Waals surface area contributed by atoms with E-state index in [0.29, 0.717) is 13.2 Å². The molecule has 2 aliphatic carbocycles. The first-order valence-corrected chi connectivity index (χ1v) is 21.4. The summed E-state index contributed by atoms with van der Waals surface area (Å²) in [5.41, 5.74) is 16.7. The molecule has 0 aromatic heterocycles. The molecule has 326 valence electrons. The van der Waals surface area contributed by atoms with E-state index in [0.717, 1.165) is 58.4 Å². The number of amides is 1. The van der Waals surface area contributed by atoms with E-state index in [4.69, 9.17) is 26.8 Å². The second kappa shape index (κ2) is 30.3. The fourth-order valence-electron chi connectivity index (χ4n) is 7.29. The van der Waals surface area contributed by atoms with Crippen molar-refractivity contribution in [3.8, 4) is 22.3 Å². The van der Waals surface area contributed by atoms with Crippen LogP contribution in [0.3, 0.4) is 0 Å². The third-order valence-corrected chi connectivity index (χ3v) is 10.4. The van der Waals surface area contributed by atoms with Crippen LogP contribution in [0.4, 0.5) is 9.59 Å². The normalized spacial score (nSPS) is 11.6. The number of benzene rings is 4. The number of hydrogen-bond donors (Lipinski definition) is 4. The number of nitrogens with one attached hydrogen (secondary N) is 3. The van der Waals surface area contributed by atoms with Crippen molar-refractivity contribution in [1.82, 2.24) is 20.9 Å². The predicted molar refractivity (Wildman–Crippen MR) is 252 cm³/mol. The Morgan fingerprint density at radius 2 is 0.967 bits per heavy atom. The van der Waals surface area contributed by atoms with E-state index in [-0.39, 0.29) is 32.0 Å². The van der Waals surface area contributed by atoms with Crippen LogP contribution < -0.4 is 21.7 Å². The number of halogens is 1. The van der Waals surface area contributed by atoms with Gasteiger partial charge in [-0.15, -0.1) is 5.73 Å². The van der Waals surface area contributed by atoms with Crippen molar-refractivity contribution in [3.05, 3.63) is 138 Å². The maximum Gasteiger partial charge on any atom is 0.407 e. The lowest BCUT2D eigenvalue weighted by atomic mass is 9.98. The number of unbranched alkanes of at least 4 members (excludes halogenated alkanes) is 1. The second-order valence-electron chi connectivity index (χ2n) is 14.1. The summed E-state index contributed by atoms with van der Waals surface area (Å²) in [6, 6.07) is 33.1. The van der Waals surface area contributed by atoms with Gasteiger partial charge in [-0.25, -0.2) is 9.59 Å². The molecular weight excluding hydrogens is 770 g/mol. The van der Waals surface area contributed by atoms with Gasteiger partial charge in [-0.1, -0.05) is 138 Å². The van der Waals surface area contributed by atoms with Crippen molar-refractivity contribution in [1.29, 1.82) is 0 Å². The Balaban J connectivity index is 0.000000358. The van der Waals surface area contributed by atoms with Crippen LogP contribution >= 0.6 is 11.6 Å². The van der Waals surface area contributed by atoms with Gasteiger partial charge in [0, 0.05) is 30.0 Å². The first kappa shape index (κ1) is 51.4. The molecule has 0 heterocycles. The van der Waals surface area contributed by atoms with Crippen LogP contribution in [0.15, 0.2) is 116 Å². The zero-order chi connectivity index (χ0) is 42.7. The number of hydrogen-bond acceptors (Lipinski definition) is 8. The maximum absolute atomic E-state index is 12.1. The van der Waals surface area contributed by atoms with E-state index < -0.39 is 5.43 Å². The van der Waals surface area contributed by atoms with Gasteiger partial charge in [0.2, 0.25) is 0 Å². The molecule has 0 atom stereocenters. The lowest BCUT2D eigenvalue weighted by Gasteiger charge is -2.14. The van der Waals surface area contributed by atoms with Crippen molar-refractivity contribution >= 4 is 23.1 Å². The third-order valence-electron chi connectivity index (χ3n) is 10.3. The fourth-order valence-corrected chi connectivity index (χ4v) is 7.35. The quantitative estimate of drug-likeness (QED) is 0.0419. The average molecular weight is 841 g/mol. The van der Waals surface area contributed by atoms with Gasteiger partial charge in [-0.05, 0) is 123 Å². The van der Waals surface area contributed by atoms with Crippen molar-refractivity contribution < 1.29 is 19.1 Å². The Morgan fingerprint density at radius 3 is 1.32 bits per heavy atom. The van der Waals surface area contributed by atoms with E-state index >= 15 is 0 Å². The summed E-state index contributed by atoms with van der Waals surface area (Å²) in [4.78, 5) is 25.3. The molecule has 4 aromatic rings. The van der Waals surface area contributed by atoms with Gasteiger partial charge < -0.3 is 36.1 Å². The van der Waals surface area contributed by atoms with Gasteiger partial charge >= 0.3 is 11.5 Å². The summed E-state index contributed by atoms with van der Waals surface area (Å²) >= 11 is 5.25. The van der Waals surface area contributed by atoms with Crippen LogP contribution in [-0.2, 0) is 9.47 Å². The highest BCUT2D eigenvalue weighted by Crippen LogP contribution is 2.45. The van der Waals surface area contributed by atoms with Gasteiger partial charge in [0.1, 0.15) is 13.2 Å². The molecule has 0 radical (unpaired) electrons. The molecule has 0 spiro atoms. The number of ether oxygens (including phenoxy) is 2. The van der Waals surface area contributed by atoms with E-state index in [9.17, 15) is 9.59 Å². The number of nitrogens with zero attached hydrogens (tertiary/aromatic N) is 1. The highest BCUT2D eigenvalue weighted by molar-refractivity contribution is 6.61. The SMILES string of the molecule is C.C=C=C.CCN(CC)CC.NCCCNCCCCNCCCNC(=O)OCC1c2ccccc2-c2ccccc21.O=C(Cl)OCC1c2ccccc2-c2ccccc21. The molecule has 0 aliphatic heterocycles. The summed E-state index contributed by atoms with van der Waals surface area (Å²) in [5.74, 6) is 0.185. The topological polar surface area (TPSA) is 118 Å². The zero-order valence-corrected chi connectivity index (χ0v) is 36.2. The molecule has 0 saturated heterocycles. The number of rotatable bonds is 19. The molecule has 60 heavy (non-hydrogen) atoms. The molecule has 0 fully saturated rings. The van der Waals surface area contributed by atoms with Crippen LogP contribution in [-0.4, -0.2) is 88.5 Å². The van der Waals surface area contributed by atoms with Crippen LogP contribution in [0.2, 0.25) is 0 Å². The number of alkyl carbamates (subject to hydrolysis) is 1. The minimum Gasteiger partial charge on any atom is -0.453 e. The van der Waals surface area contributed by atoms with Gasteiger partial charge in [0.05, 0.1) is 0 Å². The average Bonchev–Trinajstić information content (AvgIpc) is 3.76. The lowest BCUT2D eigenvalue weighted by Crippen LogP contribution is -2.29. The van der Waals surface area contributed by atoms with Crippen molar-refractivity contribution in [2.75, 3.05) is 72.1 Å². The van der Waals surface area contributed by atoms with Crippen LogP contribution in [0.5, 0.6) is 0 Å². The van der Waals surface area contributed by atoms with Gasteiger partial charge in [-0.2, -0.15) is 0 Å². The highest BCUT2D eigenvalue weighted by atomic mass is 35.5. The molecule has 4 aromatic carbocycles. The van der Waals surface area contributed by atoms with Crippen molar-refractivity contribution in [3.63, 3.8) is 0 Å². The maximum atomic E-state index is 12.1. The van der Waals surface area contributed by atoms with Gasteiger partial charge in [-0.3, -0.25) is 0 Å². The fraction of sp³-hybridized carbons (Fsp3) is 0.420. The highest BCUT2D eigenvalue weighted by Gasteiger charge is 2.30. The molecule has 6 rings (SSSR count). The molecule has 2 aliphatic rings. The van der Waals surface area contributed by atoms with Crippen molar-refractivity contribution in [2.24, 2.45) is 5.73 Å². The minimum absolute atomic E-state index is 0. The molecule has 1 amide bonds. The first-order chi connectivity index (χ1) is 28.8. The van der Waals surface area contributed by atoms with Crippen LogP contribution in [0.1, 0.15) is 88.0 Å². The second-order valence-corrected chi connectivity index (χ2v) is 14.4. The first-order valence-electron chi connectivity index (χ1n) is 21.1. The zero-order valence-electron chi connectivity index (χ0n) is 35.4.